The summed E-state index contributed by atoms with van der Waals surface area (Å²) in [7, 11) is 0. The van der Waals surface area contributed by atoms with Gasteiger partial charge in [-0.2, -0.15) is 0 Å². The second kappa shape index (κ2) is 4.31. The van der Waals surface area contributed by atoms with Crippen molar-refractivity contribution < 1.29 is 32.7 Å². The summed E-state index contributed by atoms with van der Waals surface area (Å²) in [6.07, 6.45) is 5.41. The van der Waals surface area contributed by atoms with Gasteiger partial charge in [-0.3, -0.25) is 0 Å². The molecule has 2 heterocycles. The Kier molecular flexibility index (Phi) is 3.96. The van der Waals surface area contributed by atoms with E-state index in [1.165, 1.54) is 32.2 Å². The summed E-state index contributed by atoms with van der Waals surface area (Å²) in [5.74, 6) is 0. The van der Waals surface area contributed by atoms with Crippen LogP contribution < -0.4 is 5.32 Å². The van der Waals surface area contributed by atoms with E-state index >= 15 is 0 Å². The molecule has 0 amide bonds. The van der Waals surface area contributed by atoms with Gasteiger partial charge in [0.2, 0.25) is 0 Å². The van der Waals surface area contributed by atoms with Crippen molar-refractivity contribution in [2.24, 2.45) is 0 Å². The van der Waals surface area contributed by atoms with E-state index in [0.29, 0.717) is 5.54 Å². The number of nitrogens with one attached hydrogen (secondary N) is 1. The summed E-state index contributed by atoms with van der Waals surface area (Å²) >= 11 is 0. The van der Waals surface area contributed by atoms with E-state index in [1.54, 1.807) is 0 Å². The molecular formula is C8H15N2Y-. The van der Waals surface area contributed by atoms with Crippen LogP contribution in [0.25, 0.3) is 5.32 Å². The van der Waals surface area contributed by atoms with Crippen molar-refractivity contribution in [3.63, 3.8) is 0 Å². The number of piperidine rings is 1. The normalized spacial score (nSPS) is 37.1. The van der Waals surface area contributed by atoms with Gasteiger partial charge in [0.1, 0.15) is 0 Å². The van der Waals surface area contributed by atoms with Gasteiger partial charge < -0.3 is 10.6 Å². The molecule has 1 N–H and O–H groups in total. The van der Waals surface area contributed by atoms with Crippen LogP contribution in [0.3, 0.4) is 0 Å². The maximum Gasteiger partial charge on any atom is 0 e. The molecule has 11 heavy (non-hydrogen) atoms. The number of hydrogen-bond donors (Lipinski definition) is 1. The topological polar surface area (TPSA) is 26.1 Å². The predicted molar refractivity (Wildman–Crippen MR) is 42.3 cm³/mol. The van der Waals surface area contributed by atoms with Gasteiger partial charge in [0.25, 0.3) is 0 Å². The fraction of sp³-hybridized carbons (Fsp3) is 1.00. The number of nitrogens with zero attached hydrogens (tertiary/aromatic N) is 1. The molecule has 2 aliphatic heterocycles. The summed E-state index contributed by atoms with van der Waals surface area (Å²) in [5, 5.41) is 8.00. The first kappa shape index (κ1) is 10.1. The molecule has 0 aliphatic carbocycles. The first-order valence-electron chi connectivity index (χ1n) is 4.30. The molecular weight excluding hydrogens is 213 g/mol. The van der Waals surface area contributed by atoms with E-state index in [1.807, 2.05) is 0 Å². The standard InChI is InChI=1S/C8H15N2.Y/c1-2-5-10-8(3-1)4-6-9-7-8;/h10H,1-7H2;/q-1;. The molecule has 0 saturated carbocycles. The van der Waals surface area contributed by atoms with Gasteiger partial charge in [-0.1, -0.05) is 12.8 Å². The molecule has 2 rings (SSSR count). The van der Waals surface area contributed by atoms with E-state index < -0.39 is 0 Å². The Bertz CT molecular complexity index is 113. The summed E-state index contributed by atoms with van der Waals surface area (Å²) in [5.41, 5.74) is 0.457. The Hall–Kier alpha value is 1.02. The summed E-state index contributed by atoms with van der Waals surface area (Å²) in [6.45, 7) is 3.38. The summed E-state index contributed by atoms with van der Waals surface area (Å²) in [4.78, 5) is 0. The smallest absolute Gasteiger partial charge is 0 e. The van der Waals surface area contributed by atoms with E-state index in [9.17, 15) is 0 Å². The Morgan fingerprint density at radius 3 is 2.64 bits per heavy atom. The second-order valence-corrected chi connectivity index (χ2v) is 3.52. The zero-order valence-corrected chi connectivity index (χ0v) is 9.81. The third kappa shape index (κ3) is 2.24. The minimum absolute atomic E-state index is 0. The minimum atomic E-state index is 0. The fourth-order valence-corrected chi connectivity index (χ4v) is 2.04. The van der Waals surface area contributed by atoms with Gasteiger partial charge in [-0.15, -0.1) is 13.1 Å². The van der Waals surface area contributed by atoms with Crippen molar-refractivity contribution in [1.29, 1.82) is 0 Å². The largest absolute Gasteiger partial charge is 0.661 e. The second-order valence-electron chi connectivity index (χ2n) is 3.52. The summed E-state index contributed by atoms with van der Waals surface area (Å²) in [6, 6.07) is 0. The molecule has 0 bridgehead atoms. The molecule has 0 aromatic rings. The van der Waals surface area contributed by atoms with Gasteiger partial charge >= 0.3 is 0 Å². The molecule has 2 nitrogen and oxygen atoms in total. The van der Waals surface area contributed by atoms with Crippen molar-refractivity contribution in [3.05, 3.63) is 5.32 Å². The van der Waals surface area contributed by atoms with Crippen LogP contribution in [0.4, 0.5) is 0 Å². The van der Waals surface area contributed by atoms with E-state index in [0.717, 1.165) is 13.1 Å². The van der Waals surface area contributed by atoms with Crippen LogP contribution in [0.2, 0.25) is 0 Å². The van der Waals surface area contributed by atoms with Crippen LogP contribution in [-0.2, 0) is 32.7 Å². The first-order valence-corrected chi connectivity index (χ1v) is 4.30. The molecule has 0 aromatic carbocycles. The maximum absolute atomic E-state index is 4.40. The molecule has 1 unspecified atom stereocenters. The van der Waals surface area contributed by atoms with Gasteiger partial charge in [0.15, 0.2) is 0 Å². The van der Waals surface area contributed by atoms with Crippen molar-refractivity contribution in [2.75, 3.05) is 19.6 Å². The third-order valence-corrected chi connectivity index (χ3v) is 2.75. The average Bonchev–Trinajstić information content (AvgIpc) is 2.39. The van der Waals surface area contributed by atoms with Crippen molar-refractivity contribution in [3.8, 4) is 0 Å². The predicted octanol–water partition coefficient (Wildman–Crippen LogP) is 1.27. The molecule has 1 atom stereocenters. The van der Waals surface area contributed by atoms with Crippen LogP contribution >= 0.6 is 0 Å². The molecule has 2 saturated heterocycles. The van der Waals surface area contributed by atoms with Crippen LogP contribution in [0.1, 0.15) is 25.7 Å². The molecule has 3 heteroatoms. The molecule has 0 aromatic heterocycles. The van der Waals surface area contributed by atoms with Crippen molar-refractivity contribution in [2.45, 2.75) is 31.2 Å². The van der Waals surface area contributed by atoms with E-state index in [2.05, 4.69) is 10.6 Å². The Morgan fingerprint density at radius 2 is 2.09 bits per heavy atom. The number of rotatable bonds is 0. The minimum Gasteiger partial charge on any atom is -0.661 e. The molecule has 2 fully saturated rings. The fourth-order valence-electron chi connectivity index (χ4n) is 2.04. The molecule has 61 valence electrons. The van der Waals surface area contributed by atoms with Crippen LogP contribution in [0.5, 0.6) is 0 Å². The van der Waals surface area contributed by atoms with E-state index in [-0.39, 0.29) is 32.7 Å². The van der Waals surface area contributed by atoms with Gasteiger partial charge in [0, 0.05) is 32.7 Å². The average molecular weight is 228 g/mol. The Labute approximate surface area is 93.8 Å². The quantitative estimate of drug-likeness (QED) is 0.664. The monoisotopic (exact) mass is 228 g/mol. The molecule has 2 aliphatic rings. The third-order valence-electron chi connectivity index (χ3n) is 2.75. The SMILES string of the molecule is C1CCC2(CC[N-]C2)NC1.[Y]. The molecule has 1 spiro atoms. The van der Waals surface area contributed by atoms with E-state index in [4.69, 9.17) is 0 Å². The van der Waals surface area contributed by atoms with Crippen molar-refractivity contribution in [1.82, 2.24) is 5.32 Å². The number of hydrogen-bond acceptors (Lipinski definition) is 1. The first-order chi connectivity index (χ1) is 4.91. The van der Waals surface area contributed by atoms with Crippen LogP contribution in [0, 0.1) is 0 Å². The van der Waals surface area contributed by atoms with Gasteiger partial charge in [0.05, 0.1) is 0 Å². The Balaban J connectivity index is 0.000000605. The van der Waals surface area contributed by atoms with Crippen molar-refractivity contribution >= 4 is 0 Å². The Morgan fingerprint density at radius 1 is 1.18 bits per heavy atom. The van der Waals surface area contributed by atoms with Gasteiger partial charge in [-0.25, -0.2) is 0 Å². The zero-order chi connectivity index (χ0) is 6.86. The van der Waals surface area contributed by atoms with Crippen LogP contribution in [0.15, 0.2) is 0 Å². The zero-order valence-electron chi connectivity index (χ0n) is 6.97. The maximum atomic E-state index is 4.40. The van der Waals surface area contributed by atoms with Gasteiger partial charge in [-0.05, 0) is 24.9 Å². The summed E-state index contributed by atoms with van der Waals surface area (Å²) < 4.78 is 0. The molecule has 1 radical (unpaired) electrons. The van der Waals surface area contributed by atoms with Crippen LogP contribution in [-0.4, -0.2) is 25.2 Å².